The Bertz CT molecular complexity index is 1050. The van der Waals surface area contributed by atoms with Crippen LogP contribution in [0, 0.1) is 0 Å². The number of nitrogens with zero attached hydrogens (tertiary/aromatic N) is 3. The minimum Gasteiger partial charge on any atom is -0.493 e. The van der Waals surface area contributed by atoms with Crippen LogP contribution in [0.4, 0.5) is 11.5 Å². The minimum absolute atomic E-state index is 0.0159. The summed E-state index contributed by atoms with van der Waals surface area (Å²) in [5.74, 6) is 1.84. The first kappa shape index (κ1) is 20.7. The Morgan fingerprint density at radius 2 is 2.13 bits per heavy atom. The number of nitrogens with one attached hydrogen (secondary N) is 1. The van der Waals surface area contributed by atoms with Gasteiger partial charge in [-0.3, -0.25) is 0 Å². The zero-order valence-corrected chi connectivity index (χ0v) is 17.6. The number of fused-ring (bicyclic) bond motifs is 1. The largest absolute Gasteiger partial charge is 0.493 e. The summed E-state index contributed by atoms with van der Waals surface area (Å²) in [6, 6.07) is 9.04. The topological polar surface area (TPSA) is 68.7 Å². The van der Waals surface area contributed by atoms with E-state index in [9.17, 15) is 0 Å². The quantitative estimate of drug-likeness (QED) is 0.610. The Morgan fingerprint density at radius 1 is 1.27 bits per heavy atom. The zero-order chi connectivity index (χ0) is 21.1. The standard InChI is InChI=1S/C21H22BClN4O3/c1-27-5-6-29-14(10-27)11-30-20-9-18-15(8-19(20)28-2)21(25-12-24-18)26-13-3-4-17(23)16(22)7-13/h3-4,7-9,12,14H,5-6,10-11H2,1-2H3,(H,24,25,26). The summed E-state index contributed by atoms with van der Waals surface area (Å²) in [7, 11) is 9.58. The Balaban J connectivity index is 1.59. The van der Waals surface area contributed by atoms with Crippen molar-refractivity contribution in [2.24, 2.45) is 0 Å². The molecular formula is C21H22BClN4O3. The third kappa shape index (κ3) is 4.61. The van der Waals surface area contributed by atoms with Crippen molar-refractivity contribution < 1.29 is 14.2 Å². The van der Waals surface area contributed by atoms with Crippen LogP contribution in [0.3, 0.4) is 0 Å². The average Bonchev–Trinajstić information content (AvgIpc) is 2.74. The molecule has 0 saturated carbocycles. The number of halogens is 1. The molecule has 0 bridgehead atoms. The third-order valence-electron chi connectivity index (χ3n) is 4.95. The summed E-state index contributed by atoms with van der Waals surface area (Å²) in [6.07, 6.45) is 1.52. The summed E-state index contributed by atoms with van der Waals surface area (Å²) in [5, 5.41) is 4.56. The first-order valence-electron chi connectivity index (χ1n) is 9.61. The first-order valence-corrected chi connectivity index (χ1v) is 9.99. The highest BCUT2D eigenvalue weighted by Gasteiger charge is 2.20. The van der Waals surface area contributed by atoms with Gasteiger partial charge in [0.05, 0.1) is 19.2 Å². The Labute approximate surface area is 181 Å². The van der Waals surface area contributed by atoms with Crippen LogP contribution >= 0.6 is 11.6 Å². The summed E-state index contributed by atoms with van der Waals surface area (Å²) in [6.45, 7) is 2.90. The molecule has 30 heavy (non-hydrogen) atoms. The summed E-state index contributed by atoms with van der Waals surface area (Å²) in [4.78, 5) is 11.0. The number of anilines is 2. The molecule has 0 aliphatic carbocycles. The van der Waals surface area contributed by atoms with Crippen LogP contribution in [0.15, 0.2) is 36.7 Å². The molecule has 7 nitrogen and oxygen atoms in total. The van der Waals surface area contributed by atoms with E-state index >= 15 is 0 Å². The van der Waals surface area contributed by atoms with E-state index in [1.165, 1.54) is 6.33 Å². The molecule has 1 aliphatic heterocycles. The highest BCUT2D eigenvalue weighted by atomic mass is 35.5. The molecule has 2 heterocycles. The van der Waals surface area contributed by atoms with E-state index in [0.717, 1.165) is 29.7 Å². The van der Waals surface area contributed by atoms with Crippen LogP contribution in [-0.4, -0.2) is 69.3 Å². The molecule has 1 saturated heterocycles. The molecule has 0 amide bonds. The van der Waals surface area contributed by atoms with Gasteiger partial charge in [-0.1, -0.05) is 17.1 Å². The SMILES string of the molecule is [B]c1cc(Nc2ncnc3cc(OCC4CN(C)CCO4)c(OC)cc23)ccc1Cl. The Morgan fingerprint density at radius 3 is 2.90 bits per heavy atom. The monoisotopic (exact) mass is 424 g/mol. The number of rotatable bonds is 6. The maximum atomic E-state index is 6.02. The minimum atomic E-state index is 0.0159. The molecule has 1 unspecified atom stereocenters. The lowest BCUT2D eigenvalue weighted by atomic mass is 9.96. The van der Waals surface area contributed by atoms with Gasteiger partial charge in [-0.15, -0.1) is 0 Å². The van der Waals surface area contributed by atoms with Crippen LogP contribution in [0.1, 0.15) is 0 Å². The first-order chi connectivity index (χ1) is 14.5. The van der Waals surface area contributed by atoms with Gasteiger partial charge in [0.15, 0.2) is 11.5 Å². The fraction of sp³-hybridized carbons (Fsp3) is 0.333. The van der Waals surface area contributed by atoms with E-state index < -0.39 is 0 Å². The lowest BCUT2D eigenvalue weighted by Gasteiger charge is -2.30. The van der Waals surface area contributed by atoms with E-state index in [2.05, 4.69) is 27.2 Å². The number of morpholine rings is 1. The van der Waals surface area contributed by atoms with Crippen LogP contribution in [0.25, 0.3) is 10.9 Å². The predicted octanol–water partition coefficient (Wildman–Crippen LogP) is 2.54. The molecule has 2 aromatic carbocycles. The number of ether oxygens (including phenoxy) is 3. The molecule has 2 radical (unpaired) electrons. The lowest BCUT2D eigenvalue weighted by molar-refractivity contribution is -0.0406. The highest BCUT2D eigenvalue weighted by molar-refractivity contribution is 6.45. The van der Waals surface area contributed by atoms with Crippen molar-refractivity contribution in [2.75, 3.05) is 45.8 Å². The number of hydrogen-bond acceptors (Lipinski definition) is 7. The molecule has 1 aliphatic rings. The molecule has 3 aromatic rings. The van der Waals surface area contributed by atoms with Crippen LogP contribution in [0.5, 0.6) is 11.5 Å². The molecule has 1 atom stereocenters. The van der Waals surface area contributed by atoms with Crippen LogP contribution in [0.2, 0.25) is 5.02 Å². The smallest absolute Gasteiger partial charge is 0.163 e. The molecule has 9 heteroatoms. The van der Waals surface area contributed by atoms with Crippen molar-refractivity contribution in [3.05, 3.63) is 41.7 Å². The van der Waals surface area contributed by atoms with Crippen molar-refractivity contribution in [3.8, 4) is 11.5 Å². The number of aromatic nitrogens is 2. The maximum absolute atomic E-state index is 6.02. The third-order valence-corrected chi connectivity index (χ3v) is 5.29. The zero-order valence-electron chi connectivity index (χ0n) is 16.9. The van der Waals surface area contributed by atoms with Gasteiger partial charge in [0, 0.05) is 35.3 Å². The molecule has 1 aromatic heterocycles. The van der Waals surface area contributed by atoms with Gasteiger partial charge >= 0.3 is 0 Å². The van der Waals surface area contributed by atoms with E-state index in [1.54, 1.807) is 19.2 Å². The second-order valence-electron chi connectivity index (χ2n) is 7.17. The number of likely N-dealkylation sites (N-methyl/N-ethyl adjacent to an activating group) is 1. The van der Waals surface area contributed by atoms with Crippen LogP contribution in [-0.2, 0) is 4.74 Å². The Hall–Kier alpha value is -2.55. The van der Waals surface area contributed by atoms with Gasteiger partial charge < -0.3 is 24.4 Å². The lowest BCUT2D eigenvalue weighted by Crippen LogP contribution is -2.42. The number of methoxy groups -OCH3 is 1. The average molecular weight is 425 g/mol. The predicted molar refractivity (Wildman–Crippen MR) is 119 cm³/mol. The fourth-order valence-electron chi connectivity index (χ4n) is 3.34. The van der Waals surface area contributed by atoms with Crippen LogP contribution < -0.4 is 20.3 Å². The molecule has 0 spiro atoms. The molecule has 1 N–H and O–H groups in total. The van der Waals surface area contributed by atoms with Crippen molar-refractivity contribution in [3.63, 3.8) is 0 Å². The highest BCUT2D eigenvalue weighted by Crippen LogP contribution is 2.35. The van der Waals surface area contributed by atoms with Gasteiger partial charge in [0.1, 0.15) is 32.7 Å². The van der Waals surface area contributed by atoms with Gasteiger partial charge in [0.2, 0.25) is 0 Å². The number of hydrogen-bond donors (Lipinski definition) is 1. The van der Waals surface area contributed by atoms with Crippen molar-refractivity contribution in [1.82, 2.24) is 14.9 Å². The van der Waals surface area contributed by atoms with Crippen molar-refractivity contribution in [2.45, 2.75) is 6.10 Å². The molecular weight excluding hydrogens is 403 g/mol. The second-order valence-corrected chi connectivity index (χ2v) is 7.58. The second kappa shape index (κ2) is 9.08. The summed E-state index contributed by atoms with van der Waals surface area (Å²) < 4.78 is 17.4. The van der Waals surface area contributed by atoms with Crippen molar-refractivity contribution in [1.29, 1.82) is 0 Å². The van der Waals surface area contributed by atoms with Gasteiger partial charge in [-0.05, 0) is 31.3 Å². The van der Waals surface area contributed by atoms with Gasteiger partial charge in [-0.2, -0.15) is 0 Å². The van der Waals surface area contributed by atoms with Gasteiger partial charge in [0.25, 0.3) is 0 Å². The molecule has 4 rings (SSSR count). The summed E-state index contributed by atoms with van der Waals surface area (Å²) >= 11 is 6.01. The fourth-order valence-corrected chi connectivity index (χ4v) is 3.46. The van der Waals surface area contributed by atoms with Gasteiger partial charge in [-0.25, -0.2) is 9.97 Å². The number of benzene rings is 2. The molecule has 1 fully saturated rings. The van der Waals surface area contributed by atoms with E-state index in [1.807, 2.05) is 18.2 Å². The summed E-state index contributed by atoms with van der Waals surface area (Å²) in [5.41, 5.74) is 1.99. The van der Waals surface area contributed by atoms with E-state index in [-0.39, 0.29) is 6.10 Å². The Kier molecular flexibility index (Phi) is 6.27. The normalized spacial score (nSPS) is 17.1. The van der Waals surface area contributed by atoms with E-state index in [0.29, 0.717) is 41.0 Å². The van der Waals surface area contributed by atoms with E-state index in [4.69, 9.17) is 33.7 Å². The van der Waals surface area contributed by atoms with Crippen molar-refractivity contribution >= 4 is 47.3 Å². The maximum Gasteiger partial charge on any atom is 0.163 e. The molecule has 154 valence electrons.